The van der Waals surface area contributed by atoms with Crippen LogP contribution in [-0.2, 0) is 11.3 Å². The van der Waals surface area contributed by atoms with Gasteiger partial charge in [0, 0.05) is 30.1 Å². The molecule has 3 rings (SSSR count). The summed E-state index contributed by atoms with van der Waals surface area (Å²) in [4.78, 5) is 37.4. The number of halogens is 1. The minimum Gasteiger partial charge on any atom is -0.341 e. The Morgan fingerprint density at radius 1 is 1.10 bits per heavy atom. The van der Waals surface area contributed by atoms with Crippen LogP contribution in [0.25, 0.3) is 22.8 Å². The predicted octanol–water partition coefficient (Wildman–Crippen LogP) is 4.16. The number of aromatic nitrogens is 3. The minimum atomic E-state index is -0.504. The molecule has 0 bridgehead atoms. The number of aromatic amines is 1. The number of hydrogen-bond donors (Lipinski definition) is 1. The number of rotatable bonds is 4. The highest BCUT2D eigenvalue weighted by atomic mass is 35.5. The third-order valence-electron chi connectivity index (χ3n) is 4.38. The number of carbonyl (C=O) groups excluding carboxylic acids is 1. The van der Waals surface area contributed by atoms with E-state index in [0.717, 1.165) is 11.1 Å². The number of benzene rings is 2. The molecule has 0 aliphatic rings. The van der Waals surface area contributed by atoms with Crippen molar-refractivity contribution in [3.63, 3.8) is 0 Å². The molecule has 29 heavy (non-hydrogen) atoms. The fourth-order valence-electron chi connectivity index (χ4n) is 3.00. The Morgan fingerprint density at radius 3 is 2.45 bits per heavy atom. The highest BCUT2D eigenvalue weighted by Crippen LogP contribution is 2.28. The van der Waals surface area contributed by atoms with Crippen LogP contribution in [0.5, 0.6) is 0 Å². The van der Waals surface area contributed by atoms with E-state index in [-0.39, 0.29) is 5.91 Å². The summed E-state index contributed by atoms with van der Waals surface area (Å²) in [5.41, 5.74) is 1.23. The summed E-state index contributed by atoms with van der Waals surface area (Å²) in [7, 11) is 1.77. The van der Waals surface area contributed by atoms with Gasteiger partial charge in [0.15, 0.2) is 5.82 Å². The first-order chi connectivity index (χ1) is 13.6. The maximum atomic E-state index is 12.5. The molecule has 1 N–H and O–H groups in total. The van der Waals surface area contributed by atoms with Crippen LogP contribution in [0.1, 0.15) is 26.3 Å². The van der Waals surface area contributed by atoms with Gasteiger partial charge in [-0.2, -0.15) is 4.98 Å². The third-order valence-corrected chi connectivity index (χ3v) is 4.71. The fraction of sp³-hybridized carbons (Fsp3) is 0.273. The molecule has 0 atom stereocenters. The van der Waals surface area contributed by atoms with E-state index in [1.54, 1.807) is 18.0 Å². The third kappa shape index (κ3) is 4.90. The summed E-state index contributed by atoms with van der Waals surface area (Å²) >= 11 is 6.39. The second-order valence-corrected chi connectivity index (χ2v) is 8.32. The Balaban J connectivity index is 1.98. The standard InChI is InChI=1S/C22H23ClN4O2/c1-22(2,3)20(28)27(4)13-14-10-11-17(23)16(12-14)19-24-18(25-21(29)26-19)15-8-6-5-7-9-15/h5-12H,13H2,1-4H3,(H,24,25,26,29). The van der Waals surface area contributed by atoms with Gasteiger partial charge in [-0.15, -0.1) is 0 Å². The molecule has 0 unspecified atom stereocenters. The van der Waals surface area contributed by atoms with Gasteiger partial charge in [-0.25, -0.2) is 9.78 Å². The van der Waals surface area contributed by atoms with E-state index in [1.165, 1.54) is 0 Å². The largest absolute Gasteiger partial charge is 0.348 e. The van der Waals surface area contributed by atoms with Crippen LogP contribution >= 0.6 is 11.6 Å². The van der Waals surface area contributed by atoms with Crippen LogP contribution in [0.15, 0.2) is 53.3 Å². The first-order valence-electron chi connectivity index (χ1n) is 9.23. The van der Waals surface area contributed by atoms with E-state index >= 15 is 0 Å². The van der Waals surface area contributed by atoms with Crippen molar-refractivity contribution in [1.29, 1.82) is 0 Å². The molecule has 3 aromatic rings. The Kier molecular flexibility index (Phi) is 5.84. The highest BCUT2D eigenvalue weighted by molar-refractivity contribution is 6.33. The number of nitrogens with zero attached hydrogens (tertiary/aromatic N) is 3. The lowest BCUT2D eigenvalue weighted by atomic mass is 9.94. The molecule has 2 aromatic carbocycles. The SMILES string of the molecule is CN(Cc1ccc(Cl)c(-c2nc(-c3ccccc3)nc(=O)[nH]2)c1)C(=O)C(C)(C)C. The summed E-state index contributed by atoms with van der Waals surface area (Å²) in [6, 6.07) is 14.7. The van der Waals surface area contributed by atoms with Gasteiger partial charge < -0.3 is 4.90 Å². The van der Waals surface area contributed by atoms with Gasteiger partial charge in [0.2, 0.25) is 5.91 Å². The summed E-state index contributed by atoms with van der Waals surface area (Å²) < 4.78 is 0. The van der Waals surface area contributed by atoms with Crippen LogP contribution < -0.4 is 5.69 Å². The fourth-order valence-corrected chi connectivity index (χ4v) is 3.21. The van der Waals surface area contributed by atoms with E-state index in [1.807, 2.05) is 63.2 Å². The minimum absolute atomic E-state index is 0.0378. The second kappa shape index (κ2) is 8.17. The van der Waals surface area contributed by atoms with Gasteiger partial charge in [0.25, 0.3) is 0 Å². The summed E-state index contributed by atoms with van der Waals surface area (Å²) in [6.07, 6.45) is 0. The normalized spacial score (nSPS) is 11.3. The Morgan fingerprint density at radius 2 is 1.79 bits per heavy atom. The van der Waals surface area contributed by atoms with E-state index < -0.39 is 11.1 Å². The van der Waals surface area contributed by atoms with Crippen molar-refractivity contribution >= 4 is 17.5 Å². The zero-order valence-electron chi connectivity index (χ0n) is 16.9. The van der Waals surface area contributed by atoms with E-state index in [2.05, 4.69) is 15.0 Å². The average Bonchev–Trinajstić information content (AvgIpc) is 2.68. The Bertz CT molecular complexity index is 1090. The van der Waals surface area contributed by atoms with Crippen LogP contribution in [0.2, 0.25) is 5.02 Å². The van der Waals surface area contributed by atoms with Crippen LogP contribution in [0, 0.1) is 5.41 Å². The number of carbonyl (C=O) groups is 1. The molecule has 1 heterocycles. The van der Waals surface area contributed by atoms with Crippen LogP contribution in [0.4, 0.5) is 0 Å². The second-order valence-electron chi connectivity index (χ2n) is 7.92. The molecule has 0 fully saturated rings. The maximum Gasteiger partial charge on any atom is 0.348 e. The topological polar surface area (TPSA) is 79.0 Å². The molecular weight excluding hydrogens is 388 g/mol. The first-order valence-corrected chi connectivity index (χ1v) is 9.61. The molecular formula is C22H23ClN4O2. The van der Waals surface area contributed by atoms with E-state index in [0.29, 0.717) is 28.8 Å². The number of nitrogens with one attached hydrogen (secondary N) is 1. The van der Waals surface area contributed by atoms with Gasteiger partial charge in [0.1, 0.15) is 5.82 Å². The van der Waals surface area contributed by atoms with Crippen molar-refractivity contribution in [2.45, 2.75) is 27.3 Å². The number of H-pyrrole nitrogens is 1. The molecule has 1 aromatic heterocycles. The summed E-state index contributed by atoms with van der Waals surface area (Å²) in [6.45, 7) is 6.07. The van der Waals surface area contributed by atoms with Crippen LogP contribution in [-0.4, -0.2) is 32.8 Å². The molecule has 0 saturated heterocycles. The summed E-state index contributed by atoms with van der Waals surface area (Å²) in [5, 5.41) is 0.451. The van der Waals surface area contributed by atoms with E-state index in [9.17, 15) is 9.59 Å². The Hall–Kier alpha value is -2.99. The van der Waals surface area contributed by atoms with Gasteiger partial charge in [0.05, 0.1) is 5.02 Å². The predicted molar refractivity (Wildman–Crippen MR) is 114 cm³/mol. The first kappa shape index (κ1) is 20.7. The van der Waals surface area contributed by atoms with Crippen molar-refractivity contribution < 1.29 is 4.79 Å². The molecule has 0 radical (unpaired) electrons. The molecule has 7 heteroatoms. The highest BCUT2D eigenvalue weighted by Gasteiger charge is 2.25. The maximum absolute atomic E-state index is 12.5. The van der Waals surface area contributed by atoms with Gasteiger partial charge in [-0.05, 0) is 17.7 Å². The quantitative estimate of drug-likeness (QED) is 0.700. The monoisotopic (exact) mass is 410 g/mol. The van der Waals surface area contributed by atoms with Crippen molar-refractivity contribution in [3.8, 4) is 22.8 Å². The van der Waals surface area contributed by atoms with Crippen molar-refractivity contribution in [2.75, 3.05) is 7.05 Å². The van der Waals surface area contributed by atoms with Gasteiger partial charge >= 0.3 is 5.69 Å². The lowest BCUT2D eigenvalue weighted by Gasteiger charge is -2.26. The van der Waals surface area contributed by atoms with Crippen molar-refractivity contribution in [2.24, 2.45) is 5.41 Å². The van der Waals surface area contributed by atoms with Crippen molar-refractivity contribution in [1.82, 2.24) is 19.9 Å². The number of hydrogen-bond acceptors (Lipinski definition) is 4. The lowest BCUT2D eigenvalue weighted by molar-refractivity contribution is -0.138. The molecule has 0 aliphatic heterocycles. The molecule has 1 amide bonds. The zero-order valence-corrected chi connectivity index (χ0v) is 17.6. The molecule has 0 spiro atoms. The van der Waals surface area contributed by atoms with E-state index in [4.69, 9.17) is 11.6 Å². The summed E-state index contributed by atoms with van der Waals surface area (Å²) in [5.74, 6) is 0.696. The molecule has 150 valence electrons. The molecule has 6 nitrogen and oxygen atoms in total. The molecule has 0 saturated carbocycles. The average molecular weight is 411 g/mol. The lowest BCUT2D eigenvalue weighted by Crippen LogP contribution is -2.36. The van der Waals surface area contributed by atoms with Gasteiger partial charge in [-0.3, -0.25) is 9.78 Å². The van der Waals surface area contributed by atoms with Crippen LogP contribution in [0.3, 0.4) is 0 Å². The van der Waals surface area contributed by atoms with Gasteiger partial charge in [-0.1, -0.05) is 68.8 Å². The smallest absolute Gasteiger partial charge is 0.341 e. The zero-order chi connectivity index (χ0) is 21.2. The Labute approximate surface area is 174 Å². The van der Waals surface area contributed by atoms with Crippen molar-refractivity contribution in [3.05, 3.63) is 69.6 Å². The number of amides is 1. The molecule has 0 aliphatic carbocycles.